The van der Waals surface area contributed by atoms with Crippen molar-refractivity contribution in [2.45, 2.75) is 25.1 Å². The van der Waals surface area contributed by atoms with Gasteiger partial charge in [0, 0.05) is 17.1 Å². The molecule has 0 spiro atoms. The Balaban J connectivity index is 0.00000176. The van der Waals surface area contributed by atoms with Crippen LogP contribution in [0.4, 0.5) is 18.9 Å². The molecular formula is C15H17ClF3N3. The molecule has 1 aromatic carbocycles. The number of rotatable bonds is 2. The molecule has 22 heavy (non-hydrogen) atoms. The Hall–Kier alpha value is -1.53. The average Bonchev–Trinajstić information content (AvgIpc) is 2.47. The number of hydrogen-bond acceptors (Lipinski definition) is 3. The summed E-state index contributed by atoms with van der Waals surface area (Å²) >= 11 is 0. The van der Waals surface area contributed by atoms with E-state index in [1.165, 1.54) is 6.07 Å². The van der Waals surface area contributed by atoms with Crippen molar-refractivity contribution in [3.05, 3.63) is 36.0 Å². The van der Waals surface area contributed by atoms with Gasteiger partial charge in [-0.3, -0.25) is 0 Å². The van der Waals surface area contributed by atoms with Gasteiger partial charge in [0.25, 0.3) is 0 Å². The number of hydrogen-bond donors (Lipinski definition) is 2. The third-order valence-corrected chi connectivity index (χ3v) is 3.69. The SMILES string of the molecule is Cl.FC(F)(F)c1ccc2cc(NC3CCNCC3)ccc2n1. The molecule has 0 unspecified atom stereocenters. The Kier molecular flexibility index (Phi) is 5.13. The van der Waals surface area contributed by atoms with Gasteiger partial charge >= 0.3 is 6.18 Å². The van der Waals surface area contributed by atoms with Gasteiger partial charge in [-0.1, -0.05) is 6.07 Å². The van der Waals surface area contributed by atoms with Crippen LogP contribution in [0.3, 0.4) is 0 Å². The van der Waals surface area contributed by atoms with Crippen molar-refractivity contribution in [2.24, 2.45) is 0 Å². The summed E-state index contributed by atoms with van der Waals surface area (Å²) in [5.41, 5.74) is 0.436. The first kappa shape index (κ1) is 16.8. The van der Waals surface area contributed by atoms with Crippen molar-refractivity contribution in [3.63, 3.8) is 0 Å². The highest BCUT2D eigenvalue weighted by atomic mass is 35.5. The smallest absolute Gasteiger partial charge is 0.382 e. The number of aromatic nitrogens is 1. The maximum atomic E-state index is 12.6. The minimum Gasteiger partial charge on any atom is -0.382 e. The van der Waals surface area contributed by atoms with Gasteiger partial charge < -0.3 is 10.6 Å². The molecule has 1 aliphatic heterocycles. The summed E-state index contributed by atoms with van der Waals surface area (Å²) in [5, 5.41) is 7.43. The van der Waals surface area contributed by atoms with E-state index in [2.05, 4.69) is 15.6 Å². The fourth-order valence-electron chi connectivity index (χ4n) is 2.58. The molecule has 2 heterocycles. The van der Waals surface area contributed by atoms with E-state index in [0.717, 1.165) is 37.7 Å². The van der Waals surface area contributed by atoms with Crippen LogP contribution in [0.1, 0.15) is 18.5 Å². The van der Waals surface area contributed by atoms with Gasteiger partial charge in [-0.2, -0.15) is 13.2 Å². The van der Waals surface area contributed by atoms with Crippen LogP contribution in [0.15, 0.2) is 30.3 Å². The number of nitrogens with one attached hydrogen (secondary N) is 2. The number of anilines is 1. The normalized spacial score (nSPS) is 16.3. The van der Waals surface area contributed by atoms with Crippen LogP contribution in [0.5, 0.6) is 0 Å². The fourth-order valence-corrected chi connectivity index (χ4v) is 2.58. The molecule has 120 valence electrons. The summed E-state index contributed by atoms with van der Waals surface area (Å²) < 4.78 is 37.9. The monoisotopic (exact) mass is 331 g/mol. The highest BCUT2D eigenvalue weighted by Crippen LogP contribution is 2.29. The van der Waals surface area contributed by atoms with Gasteiger partial charge in [-0.25, -0.2) is 4.98 Å². The van der Waals surface area contributed by atoms with Crippen LogP contribution < -0.4 is 10.6 Å². The molecule has 0 aliphatic carbocycles. The molecule has 0 radical (unpaired) electrons. The predicted molar refractivity (Wildman–Crippen MR) is 83.5 cm³/mol. The van der Waals surface area contributed by atoms with E-state index in [1.807, 2.05) is 6.07 Å². The van der Waals surface area contributed by atoms with Gasteiger partial charge in [0.05, 0.1) is 5.52 Å². The summed E-state index contributed by atoms with van der Waals surface area (Å²) in [5.74, 6) is 0. The topological polar surface area (TPSA) is 37.0 Å². The summed E-state index contributed by atoms with van der Waals surface area (Å²) in [7, 11) is 0. The number of fused-ring (bicyclic) bond motifs is 1. The van der Waals surface area contributed by atoms with Gasteiger partial charge in [0.2, 0.25) is 0 Å². The van der Waals surface area contributed by atoms with Gasteiger partial charge in [-0.05, 0) is 50.2 Å². The molecule has 0 amide bonds. The number of piperidine rings is 1. The van der Waals surface area contributed by atoms with E-state index in [0.29, 0.717) is 16.9 Å². The second kappa shape index (κ2) is 6.71. The molecule has 0 bridgehead atoms. The predicted octanol–water partition coefficient (Wildman–Crippen LogP) is 3.84. The number of alkyl halides is 3. The highest BCUT2D eigenvalue weighted by molar-refractivity contribution is 5.85. The first-order valence-corrected chi connectivity index (χ1v) is 6.98. The molecule has 1 fully saturated rings. The lowest BCUT2D eigenvalue weighted by Crippen LogP contribution is -2.35. The van der Waals surface area contributed by atoms with Crippen LogP contribution in [0.25, 0.3) is 10.9 Å². The Morgan fingerprint density at radius 2 is 1.82 bits per heavy atom. The van der Waals surface area contributed by atoms with E-state index >= 15 is 0 Å². The Labute approximate surface area is 132 Å². The lowest BCUT2D eigenvalue weighted by atomic mass is 10.1. The van der Waals surface area contributed by atoms with Gasteiger partial charge in [0.15, 0.2) is 0 Å². The third-order valence-electron chi connectivity index (χ3n) is 3.69. The second-order valence-electron chi connectivity index (χ2n) is 5.27. The fraction of sp³-hybridized carbons (Fsp3) is 0.400. The summed E-state index contributed by atoms with van der Waals surface area (Å²) in [6.45, 7) is 1.98. The molecule has 7 heteroatoms. The van der Waals surface area contributed by atoms with Crippen molar-refractivity contribution in [1.29, 1.82) is 0 Å². The number of pyridine rings is 1. The Morgan fingerprint density at radius 1 is 1.09 bits per heavy atom. The third kappa shape index (κ3) is 3.81. The first-order valence-electron chi connectivity index (χ1n) is 6.98. The number of benzene rings is 1. The minimum atomic E-state index is -4.40. The Bertz CT molecular complexity index is 639. The van der Waals surface area contributed by atoms with Crippen molar-refractivity contribution in [1.82, 2.24) is 10.3 Å². The number of nitrogens with zero attached hydrogens (tertiary/aromatic N) is 1. The van der Waals surface area contributed by atoms with Crippen LogP contribution in [-0.4, -0.2) is 24.1 Å². The minimum absolute atomic E-state index is 0. The lowest BCUT2D eigenvalue weighted by Gasteiger charge is -2.24. The first-order chi connectivity index (χ1) is 10.0. The molecule has 1 aromatic heterocycles. The van der Waals surface area contributed by atoms with Crippen LogP contribution in [-0.2, 0) is 6.18 Å². The van der Waals surface area contributed by atoms with E-state index in [-0.39, 0.29) is 12.4 Å². The van der Waals surface area contributed by atoms with Crippen molar-refractivity contribution in [2.75, 3.05) is 18.4 Å². The molecule has 0 atom stereocenters. The lowest BCUT2D eigenvalue weighted by molar-refractivity contribution is -0.140. The van der Waals surface area contributed by atoms with Gasteiger partial charge in [-0.15, -0.1) is 12.4 Å². The molecule has 0 saturated carbocycles. The molecule has 1 saturated heterocycles. The summed E-state index contributed by atoms with van der Waals surface area (Å²) in [6.07, 6.45) is -2.31. The molecule has 2 N–H and O–H groups in total. The van der Waals surface area contributed by atoms with E-state index < -0.39 is 11.9 Å². The number of halogens is 4. The standard InChI is InChI=1S/C15H16F3N3.ClH/c16-15(17,18)14-4-1-10-9-12(2-3-13(10)21-14)20-11-5-7-19-8-6-11;/h1-4,9,11,19-20H,5-8H2;1H. The Morgan fingerprint density at radius 3 is 2.50 bits per heavy atom. The maximum Gasteiger partial charge on any atom is 0.433 e. The van der Waals surface area contributed by atoms with E-state index in [4.69, 9.17) is 0 Å². The van der Waals surface area contributed by atoms with Crippen molar-refractivity contribution >= 4 is 29.0 Å². The zero-order chi connectivity index (χ0) is 14.9. The molecule has 3 nitrogen and oxygen atoms in total. The molecule has 2 aromatic rings. The second-order valence-corrected chi connectivity index (χ2v) is 5.27. The maximum absolute atomic E-state index is 12.6. The van der Waals surface area contributed by atoms with E-state index in [9.17, 15) is 13.2 Å². The zero-order valence-electron chi connectivity index (χ0n) is 11.8. The summed E-state index contributed by atoms with van der Waals surface area (Å²) in [6, 6.07) is 8.18. The van der Waals surface area contributed by atoms with Crippen molar-refractivity contribution < 1.29 is 13.2 Å². The quantitative estimate of drug-likeness (QED) is 0.878. The zero-order valence-corrected chi connectivity index (χ0v) is 12.6. The summed E-state index contributed by atoms with van der Waals surface area (Å²) in [4.78, 5) is 3.67. The van der Waals surface area contributed by atoms with Crippen LogP contribution in [0, 0.1) is 0 Å². The largest absolute Gasteiger partial charge is 0.433 e. The van der Waals surface area contributed by atoms with Gasteiger partial charge in [0.1, 0.15) is 5.69 Å². The molecule has 1 aliphatic rings. The van der Waals surface area contributed by atoms with E-state index in [1.54, 1.807) is 12.1 Å². The molecular weight excluding hydrogens is 315 g/mol. The molecule has 3 rings (SSSR count). The highest BCUT2D eigenvalue weighted by Gasteiger charge is 2.32. The van der Waals surface area contributed by atoms with Crippen LogP contribution >= 0.6 is 12.4 Å². The average molecular weight is 332 g/mol. The van der Waals surface area contributed by atoms with Crippen molar-refractivity contribution in [3.8, 4) is 0 Å². The van der Waals surface area contributed by atoms with Crippen LogP contribution in [0.2, 0.25) is 0 Å².